The SMILES string of the molecule is NC(=S)c1cccnc1NCc1ncon1. The molecule has 0 amide bonds. The van der Waals surface area contributed by atoms with Crippen LogP contribution in [0.25, 0.3) is 0 Å². The summed E-state index contributed by atoms with van der Waals surface area (Å²) in [7, 11) is 0. The van der Waals surface area contributed by atoms with Crippen LogP contribution >= 0.6 is 12.2 Å². The number of nitrogens with two attached hydrogens (primary N) is 1. The molecule has 0 saturated heterocycles. The van der Waals surface area contributed by atoms with Gasteiger partial charge in [-0.2, -0.15) is 4.98 Å². The van der Waals surface area contributed by atoms with Crippen LogP contribution in [-0.2, 0) is 6.54 Å². The van der Waals surface area contributed by atoms with Crippen molar-refractivity contribution in [2.24, 2.45) is 5.73 Å². The lowest BCUT2D eigenvalue weighted by atomic mass is 10.2. The molecule has 6 nitrogen and oxygen atoms in total. The lowest BCUT2D eigenvalue weighted by Gasteiger charge is -2.07. The van der Waals surface area contributed by atoms with Crippen LogP contribution in [0, 0.1) is 0 Å². The Hall–Kier alpha value is -2.02. The number of rotatable bonds is 4. The Morgan fingerprint density at radius 2 is 2.38 bits per heavy atom. The van der Waals surface area contributed by atoms with Gasteiger partial charge in [-0.3, -0.25) is 0 Å². The molecule has 0 spiro atoms. The molecule has 0 atom stereocenters. The van der Waals surface area contributed by atoms with Gasteiger partial charge in [0, 0.05) is 6.20 Å². The lowest BCUT2D eigenvalue weighted by Crippen LogP contribution is -2.14. The minimum absolute atomic E-state index is 0.295. The molecule has 0 fully saturated rings. The first-order valence-electron chi connectivity index (χ1n) is 4.51. The van der Waals surface area contributed by atoms with Crippen LogP contribution in [-0.4, -0.2) is 20.1 Å². The van der Waals surface area contributed by atoms with E-state index < -0.39 is 0 Å². The molecular weight excluding hydrogens is 226 g/mol. The van der Waals surface area contributed by atoms with Crippen molar-refractivity contribution in [3.05, 3.63) is 36.1 Å². The number of hydrogen-bond acceptors (Lipinski definition) is 6. The highest BCUT2D eigenvalue weighted by Gasteiger charge is 2.06. The summed E-state index contributed by atoms with van der Waals surface area (Å²) in [5.41, 5.74) is 6.26. The maximum Gasteiger partial charge on any atom is 0.213 e. The quantitative estimate of drug-likeness (QED) is 0.754. The van der Waals surface area contributed by atoms with Crippen molar-refractivity contribution < 1.29 is 4.52 Å². The predicted octanol–water partition coefficient (Wildman–Crippen LogP) is 0.711. The van der Waals surface area contributed by atoms with Crippen LogP contribution in [0.4, 0.5) is 5.82 Å². The van der Waals surface area contributed by atoms with E-state index >= 15 is 0 Å². The number of aromatic nitrogens is 3. The fraction of sp³-hybridized carbons (Fsp3) is 0.111. The highest BCUT2D eigenvalue weighted by molar-refractivity contribution is 7.80. The molecule has 0 unspecified atom stereocenters. The van der Waals surface area contributed by atoms with E-state index in [0.717, 1.165) is 0 Å². The van der Waals surface area contributed by atoms with E-state index in [9.17, 15) is 0 Å². The zero-order valence-corrected chi connectivity index (χ0v) is 9.07. The van der Waals surface area contributed by atoms with E-state index in [1.165, 1.54) is 6.39 Å². The van der Waals surface area contributed by atoms with Gasteiger partial charge in [0.15, 0.2) is 5.82 Å². The number of thiocarbonyl (C=S) groups is 1. The molecule has 0 aliphatic heterocycles. The van der Waals surface area contributed by atoms with E-state index in [4.69, 9.17) is 18.0 Å². The van der Waals surface area contributed by atoms with Gasteiger partial charge in [-0.05, 0) is 12.1 Å². The maximum atomic E-state index is 5.57. The molecule has 0 aliphatic carbocycles. The second-order valence-electron chi connectivity index (χ2n) is 2.96. The van der Waals surface area contributed by atoms with Crippen LogP contribution in [0.5, 0.6) is 0 Å². The van der Waals surface area contributed by atoms with Crippen LogP contribution in [0.2, 0.25) is 0 Å². The fourth-order valence-corrected chi connectivity index (χ4v) is 1.34. The summed E-state index contributed by atoms with van der Waals surface area (Å²) in [6.45, 7) is 0.406. The smallest absolute Gasteiger partial charge is 0.213 e. The molecule has 0 aromatic carbocycles. The molecule has 82 valence electrons. The van der Waals surface area contributed by atoms with Gasteiger partial charge in [0.1, 0.15) is 10.8 Å². The lowest BCUT2D eigenvalue weighted by molar-refractivity contribution is 0.411. The summed E-state index contributed by atoms with van der Waals surface area (Å²) in [5.74, 6) is 1.15. The van der Waals surface area contributed by atoms with E-state index in [2.05, 4.69) is 25.0 Å². The second kappa shape index (κ2) is 4.67. The van der Waals surface area contributed by atoms with Gasteiger partial charge in [0.25, 0.3) is 0 Å². The monoisotopic (exact) mass is 235 g/mol. The molecule has 2 aromatic heterocycles. The number of pyridine rings is 1. The topological polar surface area (TPSA) is 89.9 Å². The van der Waals surface area contributed by atoms with Gasteiger partial charge < -0.3 is 15.6 Å². The van der Waals surface area contributed by atoms with Gasteiger partial charge in [0.05, 0.1) is 12.1 Å². The molecule has 0 radical (unpaired) electrons. The Kier molecular flexibility index (Phi) is 3.06. The van der Waals surface area contributed by atoms with Crippen LogP contribution in [0.1, 0.15) is 11.4 Å². The van der Waals surface area contributed by atoms with Gasteiger partial charge >= 0.3 is 0 Å². The van der Waals surface area contributed by atoms with E-state index in [-0.39, 0.29) is 0 Å². The third kappa shape index (κ3) is 2.31. The number of nitrogens with zero attached hydrogens (tertiary/aromatic N) is 3. The summed E-state index contributed by atoms with van der Waals surface area (Å²) < 4.78 is 4.61. The zero-order chi connectivity index (χ0) is 11.4. The summed E-state index contributed by atoms with van der Waals surface area (Å²) >= 11 is 4.91. The second-order valence-corrected chi connectivity index (χ2v) is 3.40. The molecule has 2 aromatic rings. The Labute approximate surface area is 96.9 Å². The Morgan fingerprint density at radius 3 is 3.06 bits per heavy atom. The van der Waals surface area contributed by atoms with Crippen molar-refractivity contribution in [3.8, 4) is 0 Å². The van der Waals surface area contributed by atoms with Crippen LogP contribution in [0.15, 0.2) is 29.2 Å². The van der Waals surface area contributed by atoms with Crippen molar-refractivity contribution in [1.82, 2.24) is 15.1 Å². The van der Waals surface area contributed by atoms with Crippen molar-refractivity contribution in [1.29, 1.82) is 0 Å². The molecule has 7 heteroatoms. The average molecular weight is 235 g/mol. The molecular formula is C9H9N5OS. The van der Waals surface area contributed by atoms with E-state index in [1.807, 2.05) is 0 Å². The first-order chi connectivity index (χ1) is 7.77. The van der Waals surface area contributed by atoms with Gasteiger partial charge in [-0.15, -0.1) is 0 Å². The van der Waals surface area contributed by atoms with Crippen molar-refractivity contribution in [2.45, 2.75) is 6.54 Å². The normalized spacial score (nSPS) is 10.0. The number of nitrogens with one attached hydrogen (secondary N) is 1. The summed E-state index contributed by atoms with van der Waals surface area (Å²) in [6, 6.07) is 3.57. The molecule has 2 rings (SSSR count). The van der Waals surface area contributed by atoms with Gasteiger partial charge in [-0.1, -0.05) is 17.4 Å². The summed E-state index contributed by atoms with van der Waals surface area (Å²) in [5, 5.41) is 6.70. The van der Waals surface area contributed by atoms with E-state index in [0.29, 0.717) is 28.7 Å². The molecule has 0 bridgehead atoms. The van der Waals surface area contributed by atoms with E-state index in [1.54, 1.807) is 18.3 Å². The molecule has 16 heavy (non-hydrogen) atoms. The Morgan fingerprint density at radius 1 is 1.50 bits per heavy atom. The van der Waals surface area contributed by atoms with Crippen molar-refractivity contribution in [2.75, 3.05) is 5.32 Å². The highest BCUT2D eigenvalue weighted by Crippen LogP contribution is 2.11. The zero-order valence-electron chi connectivity index (χ0n) is 8.25. The molecule has 0 saturated carbocycles. The number of anilines is 1. The third-order valence-electron chi connectivity index (χ3n) is 1.89. The summed E-state index contributed by atoms with van der Waals surface area (Å²) in [4.78, 5) is 8.30. The molecule has 2 heterocycles. The minimum Gasteiger partial charge on any atom is -0.389 e. The minimum atomic E-state index is 0.295. The first kappa shape index (κ1) is 10.5. The Bertz CT molecular complexity index is 484. The largest absolute Gasteiger partial charge is 0.389 e. The summed E-state index contributed by atoms with van der Waals surface area (Å²) in [6.07, 6.45) is 2.92. The number of hydrogen-bond donors (Lipinski definition) is 2. The van der Waals surface area contributed by atoms with Crippen molar-refractivity contribution >= 4 is 23.0 Å². The fourth-order valence-electron chi connectivity index (χ4n) is 1.18. The average Bonchev–Trinajstić information content (AvgIpc) is 2.79. The van der Waals surface area contributed by atoms with Gasteiger partial charge in [0.2, 0.25) is 6.39 Å². The van der Waals surface area contributed by atoms with Crippen LogP contribution < -0.4 is 11.1 Å². The van der Waals surface area contributed by atoms with Crippen LogP contribution in [0.3, 0.4) is 0 Å². The molecule has 3 N–H and O–H groups in total. The standard InChI is InChI=1S/C9H9N5OS/c10-8(16)6-2-1-3-11-9(6)12-4-7-13-5-15-14-7/h1-3,5H,4H2,(H2,10,16)(H,11,12). The molecule has 0 aliphatic rings. The van der Waals surface area contributed by atoms with Gasteiger partial charge in [-0.25, -0.2) is 4.98 Å². The van der Waals surface area contributed by atoms with Crippen molar-refractivity contribution in [3.63, 3.8) is 0 Å². The highest BCUT2D eigenvalue weighted by atomic mass is 32.1. The third-order valence-corrected chi connectivity index (χ3v) is 2.11. The maximum absolute atomic E-state index is 5.57. The predicted molar refractivity (Wildman–Crippen MR) is 61.7 cm³/mol. The first-order valence-corrected chi connectivity index (χ1v) is 4.92. The Balaban J connectivity index is 2.12.